The van der Waals surface area contributed by atoms with Gasteiger partial charge in [0.25, 0.3) is 0 Å². The number of Topliss-reactive ketones (excluding diaryl/α,β-unsaturated/α-hetero) is 1. The quantitative estimate of drug-likeness (QED) is 0.405. The molecule has 8 nitrogen and oxygen atoms in total. The molecule has 1 N–H and O–H groups in total. The molecule has 1 fully saturated rings. The number of hydrogen-bond acceptors (Lipinski definition) is 7. The summed E-state index contributed by atoms with van der Waals surface area (Å²) in [4.78, 5) is 15.5. The summed E-state index contributed by atoms with van der Waals surface area (Å²) in [7, 11) is -0.233. The number of sulfonamides is 1. The Morgan fingerprint density at radius 2 is 1.67 bits per heavy atom. The van der Waals surface area contributed by atoms with Crippen molar-refractivity contribution in [2.75, 3.05) is 53.5 Å². The molecule has 0 spiro atoms. The first kappa shape index (κ1) is 28.1. The van der Waals surface area contributed by atoms with Gasteiger partial charge in [0.05, 0.1) is 31.7 Å². The number of rotatable bonds is 13. The van der Waals surface area contributed by atoms with Crippen LogP contribution in [0.3, 0.4) is 0 Å². The number of carbonyl (C=O) groups excluding carboxylic acids is 1. The Balaban J connectivity index is 1.71. The van der Waals surface area contributed by atoms with Crippen molar-refractivity contribution >= 4 is 15.8 Å². The first-order valence-electron chi connectivity index (χ1n) is 12.7. The van der Waals surface area contributed by atoms with Crippen LogP contribution >= 0.6 is 0 Å². The molecule has 36 heavy (non-hydrogen) atoms. The van der Waals surface area contributed by atoms with Crippen molar-refractivity contribution in [3.8, 4) is 11.5 Å². The average molecular weight is 518 g/mol. The minimum absolute atomic E-state index is 0.0322. The van der Waals surface area contributed by atoms with E-state index in [0.717, 1.165) is 43.0 Å². The second-order valence-corrected chi connectivity index (χ2v) is 10.8. The van der Waals surface area contributed by atoms with Crippen LogP contribution in [0.15, 0.2) is 47.4 Å². The lowest BCUT2D eigenvalue weighted by Gasteiger charge is -2.35. The van der Waals surface area contributed by atoms with Crippen LogP contribution in [0.25, 0.3) is 0 Å². The van der Waals surface area contributed by atoms with Gasteiger partial charge in [0.2, 0.25) is 10.0 Å². The fourth-order valence-corrected chi connectivity index (χ4v) is 6.17. The van der Waals surface area contributed by atoms with E-state index in [1.807, 2.05) is 32.0 Å². The summed E-state index contributed by atoms with van der Waals surface area (Å²) in [6, 6.07) is 12.1. The van der Waals surface area contributed by atoms with Crippen LogP contribution in [0.5, 0.6) is 11.5 Å². The molecule has 0 bridgehead atoms. The zero-order valence-corrected chi connectivity index (χ0v) is 22.6. The molecule has 2 aromatic rings. The van der Waals surface area contributed by atoms with Gasteiger partial charge in [-0.15, -0.1) is 0 Å². The van der Waals surface area contributed by atoms with Gasteiger partial charge >= 0.3 is 0 Å². The Morgan fingerprint density at radius 1 is 1.00 bits per heavy atom. The van der Waals surface area contributed by atoms with E-state index in [2.05, 4.69) is 10.2 Å². The molecule has 1 heterocycles. The number of methoxy groups -OCH3 is 2. The molecule has 1 aliphatic heterocycles. The van der Waals surface area contributed by atoms with Crippen LogP contribution in [0, 0.1) is 0 Å². The molecule has 0 aromatic heterocycles. The largest absolute Gasteiger partial charge is 0.497 e. The highest BCUT2D eigenvalue weighted by atomic mass is 32.2. The molecule has 9 heteroatoms. The molecule has 1 aliphatic rings. The molecule has 0 saturated carbocycles. The molecule has 0 amide bonds. The minimum atomic E-state index is -3.55. The van der Waals surface area contributed by atoms with Crippen molar-refractivity contribution in [1.29, 1.82) is 0 Å². The molecular weight excluding hydrogens is 478 g/mol. The summed E-state index contributed by atoms with van der Waals surface area (Å²) in [5.41, 5.74) is 1.51. The van der Waals surface area contributed by atoms with Gasteiger partial charge in [0.1, 0.15) is 11.5 Å². The fraction of sp³-hybridized carbons (Fsp3) is 0.519. The second kappa shape index (κ2) is 13.2. The van der Waals surface area contributed by atoms with Crippen molar-refractivity contribution in [2.45, 2.75) is 44.0 Å². The van der Waals surface area contributed by atoms with E-state index in [1.165, 1.54) is 22.9 Å². The van der Waals surface area contributed by atoms with E-state index in [0.29, 0.717) is 25.2 Å². The summed E-state index contributed by atoms with van der Waals surface area (Å²) < 4.78 is 37.9. The van der Waals surface area contributed by atoms with Crippen molar-refractivity contribution in [3.63, 3.8) is 0 Å². The normalized spacial score (nSPS) is 15.6. The highest BCUT2D eigenvalue weighted by Crippen LogP contribution is 2.34. The predicted molar refractivity (Wildman–Crippen MR) is 141 cm³/mol. The predicted octanol–water partition coefficient (Wildman–Crippen LogP) is 3.73. The number of piperidine rings is 1. The molecule has 1 saturated heterocycles. The maximum atomic E-state index is 12.9. The van der Waals surface area contributed by atoms with Gasteiger partial charge in [-0.2, -0.15) is 4.31 Å². The lowest BCUT2D eigenvalue weighted by molar-refractivity contribution is 0.0983. The van der Waals surface area contributed by atoms with E-state index >= 15 is 0 Å². The average Bonchev–Trinajstić information content (AvgIpc) is 2.91. The third kappa shape index (κ3) is 6.64. The Kier molecular flexibility index (Phi) is 10.3. The van der Waals surface area contributed by atoms with Crippen LogP contribution in [0.4, 0.5) is 0 Å². The topological polar surface area (TPSA) is 88.2 Å². The van der Waals surface area contributed by atoms with E-state index < -0.39 is 10.0 Å². The maximum Gasteiger partial charge on any atom is 0.243 e. The number of nitrogens with one attached hydrogen (secondary N) is 1. The van der Waals surface area contributed by atoms with Crippen molar-refractivity contribution < 1.29 is 22.7 Å². The van der Waals surface area contributed by atoms with Crippen LogP contribution in [0.1, 0.15) is 55.1 Å². The fourth-order valence-electron chi connectivity index (χ4n) is 4.72. The lowest BCUT2D eigenvalue weighted by Crippen LogP contribution is -2.40. The number of ether oxygens (including phenoxy) is 2. The molecule has 1 atom stereocenters. The summed E-state index contributed by atoms with van der Waals surface area (Å²) in [5, 5.41) is 3.34. The highest BCUT2D eigenvalue weighted by molar-refractivity contribution is 7.89. The van der Waals surface area contributed by atoms with E-state index in [-0.39, 0.29) is 23.3 Å². The number of ketones is 1. The van der Waals surface area contributed by atoms with Crippen molar-refractivity contribution in [3.05, 3.63) is 53.6 Å². The maximum absolute atomic E-state index is 12.9. The van der Waals surface area contributed by atoms with Gasteiger partial charge < -0.3 is 14.8 Å². The molecular formula is C27H39N3O5S. The lowest BCUT2D eigenvalue weighted by atomic mass is 10.00. The van der Waals surface area contributed by atoms with E-state index in [1.54, 1.807) is 26.4 Å². The second-order valence-electron chi connectivity index (χ2n) is 8.89. The Bertz CT molecular complexity index is 1090. The molecule has 0 radical (unpaired) electrons. The molecule has 0 aliphatic carbocycles. The SMILES string of the molecule is CCN(CC)S(=O)(=O)c1ccc(C(=O)CNCC(c2cc(OC)ccc2OC)N2CCCCC2)cc1. The number of nitrogens with zero attached hydrogens (tertiary/aromatic N) is 2. The molecule has 2 aromatic carbocycles. The van der Waals surface area contributed by atoms with Gasteiger partial charge in [-0.25, -0.2) is 8.42 Å². The summed E-state index contributed by atoms with van der Waals surface area (Å²) >= 11 is 0. The van der Waals surface area contributed by atoms with E-state index in [9.17, 15) is 13.2 Å². The smallest absolute Gasteiger partial charge is 0.243 e. The van der Waals surface area contributed by atoms with Crippen molar-refractivity contribution in [2.24, 2.45) is 0 Å². The standard InChI is InChI=1S/C27H39N3O5S/c1-5-30(6-2)36(32,33)23-13-10-21(11-14-23)26(31)20-28-19-25(29-16-8-7-9-17-29)24-18-22(34-3)12-15-27(24)35-4/h10-15,18,25,28H,5-9,16-17,19-20H2,1-4H3. The summed E-state index contributed by atoms with van der Waals surface area (Å²) in [5.74, 6) is 1.48. The third-order valence-corrected chi connectivity index (χ3v) is 8.83. The van der Waals surface area contributed by atoms with Gasteiger partial charge in [-0.3, -0.25) is 9.69 Å². The van der Waals surface area contributed by atoms with Gasteiger partial charge in [-0.05, 0) is 56.3 Å². The van der Waals surface area contributed by atoms with Crippen molar-refractivity contribution in [1.82, 2.24) is 14.5 Å². The number of carbonyl (C=O) groups is 1. The zero-order valence-electron chi connectivity index (χ0n) is 21.8. The zero-order chi connectivity index (χ0) is 26.1. The number of benzene rings is 2. The van der Waals surface area contributed by atoms with Gasteiger partial charge in [-0.1, -0.05) is 32.4 Å². The number of hydrogen-bond donors (Lipinski definition) is 1. The Labute approximate surface area is 215 Å². The third-order valence-electron chi connectivity index (χ3n) is 6.77. The van der Waals surface area contributed by atoms with Gasteiger partial charge in [0.15, 0.2) is 5.78 Å². The summed E-state index contributed by atoms with van der Waals surface area (Å²) in [6.45, 7) is 7.12. The first-order chi connectivity index (χ1) is 17.3. The Hall–Kier alpha value is -2.46. The molecule has 1 unspecified atom stereocenters. The minimum Gasteiger partial charge on any atom is -0.497 e. The van der Waals surface area contributed by atoms with Gasteiger partial charge in [0, 0.05) is 30.8 Å². The monoisotopic (exact) mass is 517 g/mol. The van der Waals surface area contributed by atoms with E-state index in [4.69, 9.17) is 9.47 Å². The molecule has 198 valence electrons. The summed E-state index contributed by atoms with van der Waals surface area (Å²) in [6.07, 6.45) is 3.51. The van der Waals surface area contributed by atoms with Crippen LogP contribution in [0.2, 0.25) is 0 Å². The van der Waals surface area contributed by atoms with Crippen LogP contribution < -0.4 is 14.8 Å². The molecule has 3 rings (SSSR count). The van der Waals surface area contributed by atoms with Crippen LogP contribution in [-0.2, 0) is 10.0 Å². The Morgan fingerprint density at radius 3 is 2.25 bits per heavy atom. The first-order valence-corrected chi connectivity index (χ1v) is 14.1. The highest BCUT2D eigenvalue weighted by Gasteiger charge is 2.26. The van der Waals surface area contributed by atoms with Crippen LogP contribution in [-0.4, -0.2) is 76.9 Å². The number of likely N-dealkylation sites (tertiary alicyclic amines) is 1.